The van der Waals surface area contributed by atoms with E-state index in [0.29, 0.717) is 23.8 Å². The highest BCUT2D eigenvalue weighted by Gasteiger charge is 2.55. The van der Waals surface area contributed by atoms with E-state index in [1.807, 2.05) is 0 Å². The van der Waals surface area contributed by atoms with Crippen LogP contribution in [0, 0.1) is 18.8 Å². The van der Waals surface area contributed by atoms with Crippen molar-refractivity contribution in [2.75, 3.05) is 26.7 Å². The van der Waals surface area contributed by atoms with Crippen LogP contribution in [0.1, 0.15) is 91.0 Å². The van der Waals surface area contributed by atoms with Gasteiger partial charge in [0, 0.05) is 43.1 Å². The van der Waals surface area contributed by atoms with Crippen LogP contribution in [0.5, 0.6) is 0 Å². The summed E-state index contributed by atoms with van der Waals surface area (Å²) in [5.74, 6) is 1.60. The fraction of sp³-hybridized carbons (Fsp3) is 0.667. The Labute approximate surface area is 220 Å². The molecule has 1 N–H and O–H groups in total. The molecule has 2 unspecified atom stereocenters. The average Bonchev–Trinajstić information content (AvgIpc) is 3.54. The summed E-state index contributed by atoms with van der Waals surface area (Å²) in [6.07, 6.45) is 10.7. The highest BCUT2D eigenvalue weighted by atomic mass is 32.1. The van der Waals surface area contributed by atoms with Crippen LogP contribution in [0.15, 0.2) is 30.3 Å². The van der Waals surface area contributed by atoms with Gasteiger partial charge < -0.3 is 15.0 Å². The number of nitrogens with zero attached hydrogens (tertiary/aromatic N) is 2. The zero-order valence-electron chi connectivity index (χ0n) is 21.9. The average molecular weight is 508 g/mol. The predicted octanol–water partition coefficient (Wildman–Crippen LogP) is 5.75. The second-order valence-corrected chi connectivity index (χ2v) is 12.9. The molecule has 1 amide bonds. The summed E-state index contributed by atoms with van der Waals surface area (Å²) in [7, 11) is 1.79. The fourth-order valence-corrected chi connectivity index (χ4v) is 9.18. The lowest BCUT2D eigenvalue weighted by atomic mass is 9.67. The molecule has 1 aromatic heterocycles. The number of piperidine rings is 1. The third-order valence-electron chi connectivity index (χ3n) is 9.80. The Bertz CT molecular complexity index is 1070. The molecule has 2 aromatic rings. The molecule has 6 rings (SSSR count). The molecule has 3 heterocycles. The van der Waals surface area contributed by atoms with Crippen LogP contribution in [0.3, 0.4) is 0 Å². The molecule has 5 nitrogen and oxygen atoms in total. The predicted molar refractivity (Wildman–Crippen MR) is 144 cm³/mol. The number of carbonyl (C=O) groups is 1. The molecule has 36 heavy (non-hydrogen) atoms. The first-order valence-corrected chi connectivity index (χ1v) is 15.0. The molecule has 2 saturated heterocycles. The number of amides is 1. The Morgan fingerprint density at radius 1 is 1.14 bits per heavy atom. The number of methoxy groups -OCH3 is 1. The van der Waals surface area contributed by atoms with E-state index in [-0.39, 0.29) is 17.4 Å². The number of likely N-dealkylation sites (tertiary alicyclic amines) is 1. The number of rotatable bonds is 4. The fourth-order valence-electron chi connectivity index (χ4n) is 7.93. The number of aryl methyl sites for hydroxylation is 1. The summed E-state index contributed by atoms with van der Waals surface area (Å²) in [6, 6.07) is 11.4. The smallest absolute Gasteiger partial charge is 0.228 e. The molecular weight excluding hydrogens is 466 g/mol. The number of nitrogens with one attached hydrogen (secondary N) is 1. The first-order chi connectivity index (χ1) is 17.6. The molecule has 2 aliphatic heterocycles. The van der Waals surface area contributed by atoms with Crippen molar-refractivity contribution in [3.8, 4) is 0 Å². The van der Waals surface area contributed by atoms with Gasteiger partial charge in [0.05, 0.1) is 16.6 Å². The van der Waals surface area contributed by atoms with E-state index >= 15 is 0 Å². The minimum atomic E-state index is -0.138. The van der Waals surface area contributed by atoms with Crippen molar-refractivity contribution in [1.29, 1.82) is 0 Å². The number of hydrogen-bond acceptors (Lipinski definition) is 5. The normalized spacial score (nSPS) is 33.1. The third kappa shape index (κ3) is 4.23. The first kappa shape index (κ1) is 24.6. The monoisotopic (exact) mass is 507 g/mol. The van der Waals surface area contributed by atoms with Gasteiger partial charge in [-0.25, -0.2) is 4.98 Å². The van der Waals surface area contributed by atoms with E-state index < -0.39 is 0 Å². The molecule has 1 saturated carbocycles. The molecule has 6 heteroatoms. The summed E-state index contributed by atoms with van der Waals surface area (Å²) >= 11 is 1.80. The molecule has 2 aliphatic carbocycles. The number of hydrogen-bond donors (Lipinski definition) is 1. The van der Waals surface area contributed by atoms with Crippen LogP contribution in [0.4, 0.5) is 0 Å². The van der Waals surface area contributed by atoms with E-state index in [1.165, 1.54) is 42.5 Å². The number of aromatic nitrogens is 1. The Morgan fingerprint density at radius 2 is 1.94 bits per heavy atom. The summed E-state index contributed by atoms with van der Waals surface area (Å²) in [5, 5.41) is 4.74. The minimum absolute atomic E-state index is 0.00623. The van der Waals surface area contributed by atoms with Gasteiger partial charge in [0.1, 0.15) is 6.10 Å². The van der Waals surface area contributed by atoms with Gasteiger partial charge in [-0.3, -0.25) is 4.79 Å². The zero-order valence-corrected chi connectivity index (χ0v) is 22.7. The third-order valence-corrected chi connectivity index (χ3v) is 11.0. The van der Waals surface area contributed by atoms with Crippen LogP contribution in [0.2, 0.25) is 0 Å². The summed E-state index contributed by atoms with van der Waals surface area (Å²) in [6.45, 7) is 4.64. The van der Waals surface area contributed by atoms with Crippen LogP contribution in [-0.4, -0.2) is 48.6 Å². The van der Waals surface area contributed by atoms with Gasteiger partial charge in [-0.05, 0) is 62.8 Å². The molecule has 4 aliphatic rings. The topological polar surface area (TPSA) is 54.5 Å². The second-order valence-electron chi connectivity index (χ2n) is 11.7. The molecule has 0 radical (unpaired) electrons. The lowest BCUT2D eigenvalue weighted by Crippen LogP contribution is -2.55. The molecule has 0 bridgehead atoms. The largest absolute Gasteiger partial charge is 0.375 e. The molecule has 194 valence electrons. The van der Waals surface area contributed by atoms with Crippen molar-refractivity contribution in [2.24, 2.45) is 11.8 Å². The molecule has 1 spiro atoms. The summed E-state index contributed by atoms with van der Waals surface area (Å²) in [5.41, 5.74) is 2.41. The number of carbonyl (C=O) groups excluding carboxylic acids is 1. The Hall–Kier alpha value is -1.76. The quantitative estimate of drug-likeness (QED) is 0.573. The maximum Gasteiger partial charge on any atom is 0.228 e. The highest BCUT2D eigenvalue weighted by Crippen LogP contribution is 2.52. The lowest BCUT2D eigenvalue weighted by molar-refractivity contribution is -0.143. The number of fused-ring (bicyclic) bond motifs is 2. The summed E-state index contributed by atoms with van der Waals surface area (Å²) in [4.78, 5) is 23.2. The van der Waals surface area contributed by atoms with E-state index in [1.54, 1.807) is 18.4 Å². The van der Waals surface area contributed by atoms with Gasteiger partial charge >= 0.3 is 0 Å². The second kappa shape index (κ2) is 10.2. The van der Waals surface area contributed by atoms with Gasteiger partial charge in [0.2, 0.25) is 5.91 Å². The summed E-state index contributed by atoms with van der Waals surface area (Å²) < 4.78 is 5.82. The SMILES string of the molecule is COC1CC[C@]2(CNCC2C(=O)N2CC[C@@H](c3ccccc3)C[C@H]2C2CCCCC2)c2sc(C)nc21. The van der Waals surface area contributed by atoms with E-state index in [4.69, 9.17) is 9.72 Å². The van der Waals surface area contributed by atoms with Gasteiger partial charge in [0.15, 0.2) is 0 Å². The van der Waals surface area contributed by atoms with Crippen LogP contribution in [0.25, 0.3) is 0 Å². The van der Waals surface area contributed by atoms with Gasteiger partial charge in [-0.15, -0.1) is 11.3 Å². The van der Waals surface area contributed by atoms with Crippen molar-refractivity contribution < 1.29 is 9.53 Å². The van der Waals surface area contributed by atoms with Crippen molar-refractivity contribution in [3.63, 3.8) is 0 Å². The maximum atomic E-state index is 14.6. The standard InChI is InChI=1S/C30H41N3O2S/c1-20-32-27-26(35-2)13-15-30(28(27)36-20)19-31-18-24(30)29(34)33-16-14-23(21-9-5-3-6-10-21)17-25(33)22-11-7-4-8-12-22/h3,5-6,9-10,22-26,31H,4,7-8,11-19H2,1-2H3/t23-,24?,25+,26?,30-/m1/s1. The first-order valence-electron chi connectivity index (χ1n) is 14.2. The van der Waals surface area contributed by atoms with Gasteiger partial charge in [-0.2, -0.15) is 0 Å². The maximum absolute atomic E-state index is 14.6. The Kier molecular flexibility index (Phi) is 6.95. The van der Waals surface area contributed by atoms with Crippen molar-refractivity contribution in [2.45, 2.75) is 88.2 Å². The van der Waals surface area contributed by atoms with Crippen molar-refractivity contribution in [1.82, 2.24) is 15.2 Å². The number of benzene rings is 1. The Morgan fingerprint density at radius 3 is 2.72 bits per heavy atom. The molecular formula is C30H41N3O2S. The molecule has 1 aromatic carbocycles. The minimum Gasteiger partial charge on any atom is -0.375 e. The van der Waals surface area contributed by atoms with Crippen molar-refractivity contribution >= 4 is 17.2 Å². The van der Waals surface area contributed by atoms with E-state index in [2.05, 4.69) is 47.5 Å². The van der Waals surface area contributed by atoms with E-state index in [0.717, 1.165) is 56.0 Å². The van der Waals surface area contributed by atoms with Crippen LogP contribution >= 0.6 is 11.3 Å². The zero-order chi connectivity index (χ0) is 24.7. The Balaban J connectivity index is 1.30. The van der Waals surface area contributed by atoms with Gasteiger partial charge in [-0.1, -0.05) is 49.6 Å². The molecule has 3 fully saturated rings. The van der Waals surface area contributed by atoms with Gasteiger partial charge in [0.25, 0.3) is 0 Å². The van der Waals surface area contributed by atoms with Crippen LogP contribution < -0.4 is 5.32 Å². The lowest BCUT2D eigenvalue weighted by Gasteiger charge is -2.47. The number of ether oxygens (including phenoxy) is 1. The van der Waals surface area contributed by atoms with Crippen molar-refractivity contribution in [3.05, 3.63) is 51.5 Å². The highest BCUT2D eigenvalue weighted by molar-refractivity contribution is 7.11. The number of thiazole rings is 1. The van der Waals surface area contributed by atoms with Crippen LogP contribution in [-0.2, 0) is 14.9 Å². The van der Waals surface area contributed by atoms with E-state index in [9.17, 15) is 4.79 Å². The molecule has 5 atom stereocenters.